The van der Waals surface area contributed by atoms with Gasteiger partial charge >= 0.3 is 17.9 Å². The molecule has 0 aromatic rings. The summed E-state index contributed by atoms with van der Waals surface area (Å²) in [6.45, 7) is 12.0. The van der Waals surface area contributed by atoms with Crippen LogP contribution in [-0.2, 0) is 33.3 Å². The Balaban J connectivity index is 2.03. The van der Waals surface area contributed by atoms with Crippen LogP contribution in [-0.4, -0.2) is 59.1 Å². The second-order valence-corrected chi connectivity index (χ2v) is 9.08. The van der Waals surface area contributed by atoms with Crippen molar-refractivity contribution in [1.29, 1.82) is 0 Å². The number of esters is 3. The topological polar surface area (TPSA) is 112 Å². The fourth-order valence-electron chi connectivity index (χ4n) is 4.57. The smallest absolute Gasteiger partial charge is 0.334 e. The molecule has 7 atom stereocenters. The average molecular weight is 449 g/mol. The maximum absolute atomic E-state index is 12.4. The van der Waals surface area contributed by atoms with Gasteiger partial charge in [-0.1, -0.05) is 24.3 Å². The van der Waals surface area contributed by atoms with E-state index in [2.05, 4.69) is 6.58 Å². The molecule has 0 radical (unpaired) electrons. The van der Waals surface area contributed by atoms with Crippen molar-refractivity contribution in [2.75, 3.05) is 0 Å². The molecule has 8 heteroatoms. The SMILES string of the molecule is C=C1C(=O)O[C@H]2[C@H]1[C@H](OC(C)=O)C/C(C)=C/C[C@H](O)/C(C)=C\C[C@@H](OC(C)=O)[C@]1(C)O[C@@H]21. The van der Waals surface area contributed by atoms with Crippen LogP contribution in [0, 0.1) is 5.92 Å². The molecule has 0 unspecified atom stereocenters. The van der Waals surface area contributed by atoms with Gasteiger partial charge < -0.3 is 24.1 Å². The lowest BCUT2D eigenvalue weighted by molar-refractivity contribution is -0.151. The normalized spacial score (nSPS) is 40.9. The van der Waals surface area contributed by atoms with E-state index in [1.165, 1.54) is 13.8 Å². The minimum atomic E-state index is -0.906. The van der Waals surface area contributed by atoms with E-state index in [1.54, 1.807) is 6.92 Å². The van der Waals surface area contributed by atoms with Gasteiger partial charge in [0, 0.05) is 32.3 Å². The summed E-state index contributed by atoms with van der Waals surface area (Å²) in [5.41, 5.74) is 0.970. The molecule has 2 aliphatic heterocycles. The first-order valence-electron chi connectivity index (χ1n) is 10.9. The van der Waals surface area contributed by atoms with Crippen LogP contribution in [0.1, 0.15) is 53.9 Å². The predicted molar refractivity (Wildman–Crippen MR) is 114 cm³/mol. The quantitative estimate of drug-likeness (QED) is 0.226. The number of ether oxygens (including phenoxy) is 4. The molecule has 0 spiro atoms. The standard InChI is InChI=1S/C24H32O8/c1-12-7-9-17(27)13(2)8-10-19(30-16(5)26)24(6)22(32-24)21-20(14(3)23(28)31-21)18(11-12)29-15(4)25/h7-8,17-22,27H,3,9-11H2,1-2,4-6H3/b12-7+,13-8-/t17-,18+,19+,20+,21-,22-,24-/m0/s1. The minimum Gasteiger partial charge on any atom is -0.461 e. The molecule has 1 aliphatic carbocycles. The Bertz CT molecular complexity index is 871. The highest BCUT2D eigenvalue weighted by Gasteiger charge is 2.67. The number of hydrogen-bond acceptors (Lipinski definition) is 8. The summed E-state index contributed by atoms with van der Waals surface area (Å²) >= 11 is 0. The van der Waals surface area contributed by atoms with E-state index in [9.17, 15) is 19.5 Å². The molecular formula is C24H32O8. The van der Waals surface area contributed by atoms with Gasteiger partial charge in [-0.3, -0.25) is 9.59 Å². The lowest BCUT2D eigenvalue weighted by Gasteiger charge is -2.28. The third-order valence-electron chi connectivity index (χ3n) is 6.51. The lowest BCUT2D eigenvalue weighted by Crippen LogP contribution is -2.41. The van der Waals surface area contributed by atoms with Gasteiger partial charge in [-0.2, -0.15) is 0 Å². The third kappa shape index (κ3) is 4.96. The Kier molecular flexibility index (Phi) is 6.95. The molecule has 32 heavy (non-hydrogen) atoms. The summed E-state index contributed by atoms with van der Waals surface area (Å²) in [6, 6.07) is 0. The van der Waals surface area contributed by atoms with Crippen LogP contribution >= 0.6 is 0 Å². The molecule has 0 saturated carbocycles. The fraction of sp³-hybridized carbons (Fsp3) is 0.625. The summed E-state index contributed by atoms with van der Waals surface area (Å²) in [7, 11) is 0. The van der Waals surface area contributed by atoms with Gasteiger partial charge in [0.2, 0.25) is 0 Å². The van der Waals surface area contributed by atoms with Gasteiger partial charge in [0.15, 0.2) is 0 Å². The van der Waals surface area contributed by atoms with Gasteiger partial charge in [-0.15, -0.1) is 0 Å². The van der Waals surface area contributed by atoms with Crippen LogP contribution in [0.5, 0.6) is 0 Å². The summed E-state index contributed by atoms with van der Waals surface area (Å²) in [5.74, 6) is -2.11. The van der Waals surface area contributed by atoms with Crippen molar-refractivity contribution in [3.05, 3.63) is 35.5 Å². The van der Waals surface area contributed by atoms with Gasteiger partial charge in [-0.05, 0) is 32.8 Å². The van der Waals surface area contributed by atoms with Crippen molar-refractivity contribution in [1.82, 2.24) is 0 Å². The zero-order chi connectivity index (χ0) is 23.8. The Morgan fingerprint density at radius 1 is 1.16 bits per heavy atom. The first kappa shape index (κ1) is 24.2. The van der Waals surface area contributed by atoms with Crippen molar-refractivity contribution in [3.8, 4) is 0 Å². The number of rotatable bonds is 2. The predicted octanol–water partition coefficient (Wildman–Crippen LogP) is 2.54. The number of aliphatic hydroxyl groups is 1. The number of fused-ring (bicyclic) bond motifs is 3. The van der Waals surface area contributed by atoms with E-state index >= 15 is 0 Å². The van der Waals surface area contributed by atoms with Gasteiger partial charge in [0.25, 0.3) is 0 Å². The molecule has 3 rings (SSSR count). The Morgan fingerprint density at radius 2 is 1.81 bits per heavy atom. The molecule has 0 amide bonds. The van der Waals surface area contributed by atoms with Gasteiger partial charge in [0.05, 0.1) is 12.0 Å². The zero-order valence-electron chi connectivity index (χ0n) is 19.3. The highest BCUT2D eigenvalue weighted by molar-refractivity contribution is 5.91. The zero-order valence-corrected chi connectivity index (χ0v) is 19.3. The molecule has 0 aromatic heterocycles. The van der Waals surface area contributed by atoms with E-state index in [4.69, 9.17) is 18.9 Å². The third-order valence-corrected chi connectivity index (χ3v) is 6.51. The second-order valence-electron chi connectivity index (χ2n) is 9.08. The Hall–Kier alpha value is -2.45. The number of carbonyl (C=O) groups is 3. The minimum absolute atomic E-state index is 0.221. The molecule has 2 saturated heterocycles. The van der Waals surface area contributed by atoms with Crippen LogP contribution < -0.4 is 0 Å². The van der Waals surface area contributed by atoms with Crippen molar-refractivity contribution >= 4 is 17.9 Å². The van der Waals surface area contributed by atoms with Crippen LogP contribution in [0.4, 0.5) is 0 Å². The van der Waals surface area contributed by atoms with Crippen LogP contribution in [0.3, 0.4) is 0 Å². The largest absolute Gasteiger partial charge is 0.461 e. The van der Waals surface area contributed by atoms with E-state index in [-0.39, 0.29) is 5.57 Å². The van der Waals surface area contributed by atoms with E-state index in [0.29, 0.717) is 19.3 Å². The van der Waals surface area contributed by atoms with E-state index < -0.39 is 59.9 Å². The first-order chi connectivity index (χ1) is 14.9. The maximum Gasteiger partial charge on any atom is 0.334 e. The molecule has 1 N–H and O–H groups in total. The monoisotopic (exact) mass is 448 g/mol. The molecule has 0 bridgehead atoms. The van der Waals surface area contributed by atoms with Crippen LogP contribution in [0.2, 0.25) is 0 Å². The van der Waals surface area contributed by atoms with Gasteiger partial charge in [-0.25, -0.2) is 4.79 Å². The summed E-state index contributed by atoms with van der Waals surface area (Å²) in [4.78, 5) is 36.1. The maximum atomic E-state index is 12.4. The Morgan fingerprint density at radius 3 is 2.44 bits per heavy atom. The summed E-state index contributed by atoms with van der Waals surface area (Å²) in [6.07, 6.45) is 1.45. The highest BCUT2D eigenvalue weighted by Crippen LogP contribution is 2.50. The number of epoxide rings is 1. The highest BCUT2D eigenvalue weighted by atomic mass is 16.7. The van der Waals surface area contributed by atoms with Crippen LogP contribution in [0.25, 0.3) is 0 Å². The van der Waals surface area contributed by atoms with Crippen molar-refractivity contribution in [3.63, 3.8) is 0 Å². The summed E-state index contributed by atoms with van der Waals surface area (Å²) in [5, 5.41) is 10.5. The average Bonchev–Trinajstić information content (AvgIpc) is 3.30. The van der Waals surface area contributed by atoms with Crippen molar-refractivity contribution in [2.45, 2.75) is 90.0 Å². The number of aliphatic hydroxyl groups excluding tert-OH is 1. The van der Waals surface area contributed by atoms with Gasteiger partial charge in [0.1, 0.15) is 30.0 Å². The Labute approximate surface area is 188 Å². The van der Waals surface area contributed by atoms with Crippen molar-refractivity contribution < 1.29 is 38.4 Å². The molecule has 0 aromatic carbocycles. The van der Waals surface area contributed by atoms with Crippen molar-refractivity contribution in [2.24, 2.45) is 5.92 Å². The van der Waals surface area contributed by atoms with Crippen LogP contribution in [0.15, 0.2) is 35.5 Å². The molecular weight excluding hydrogens is 416 g/mol. The lowest BCUT2D eigenvalue weighted by atomic mass is 9.82. The molecule has 2 heterocycles. The second kappa shape index (κ2) is 9.19. The van der Waals surface area contributed by atoms with E-state index in [1.807, 2.05) is 26.0 Å². The molecule has 176 valence electrons. The molecule has 3 aliphatic rings. The number of hydrogen-bond donors (Lipinski definition) is 1. The number of carbonyl (C=O) groups excluding carboxylic acids is 3. The molecule has 2 fully saturated rings. The van der Waals surface area contributed by atoms with E-state index in [0.717, 1.165) is 11.1 Å². The first-order valence-corrected chi connectivity index (χ1v) is 10.9. The molecule has 8 nitrogen and oxygen atoms in total. The fourth-order valence-corrected chi connectivity index (χ4v) is 4.57. The summed E-state index contributed by atoms with van der Waals surface area (Å²) < 4.78 is 22.8.